The molecule has 0 bridgehead atoms. The van der Waals surface area contributed by atoms with Crippen LogP contribution in [0.15, 0.2) is 48.5 Å². The Balaban J connectivity index is 1.93. The van der Waals surface area contributed by atoms with Crippen LogP contribution in [0.5, 0.6) is 5.75 Å². The molecule has 0 aliphatic heterocycles. The molecule has 0 saturated heterocycles. The van der Waals surface area contributed by atoms with Gasteiger partial charge < -0.3 is 10.1 Å². The van der Waals surface area contributed by atoms with Gasteiger partial charge in [-0.3, -0.25) is 0 Å². The normalized spacial score (nSPS) is 10.3. The first-order chi connectivity index (χ1) is 8.78. The lowest BCUT2D eigenvalue weighted by atomic mass is 10.1. The Morgan fingerprint density at radius 1 is 1.00 bits per heavy atom. The highest BCUT2D eigenvalue weighted by Gasteiger charge is 1.97. The molecule has 0 fully saturated rings. The van der Waals surface area contributed by atoms with Gasteiger partial charge in [-0.15, -0.1) is 0 Å². The lowest BCUT2D eigenvalue weighted by Gasteiger charge is -2.07. The first-order valence-electron chi connectivity index (χ1n) is 6.20. The minimum atomic E-state index is 0.614. The third kappa shape index (κ3) is 3.60. The van der Waals surface area contributed by atoms with Crippen molar-refractivity contribution in [1.82, 2.24) is 5.32 Å². The van der Waals surface area contributed by atoms with Crippen molar-refractivity contribution in [3.05, 3.63) is 65.2 Å². The van der Waals surface area contributed by atoms with Gasteiger partial charge in [-0.05, 0) is 42.8 Å². The summed E-state index contributed by atoms with van der Waals surface area (Å²) in [5.41, 5.74) is 3.70. The molecule has 94 valence electrons. The molecule has 2 nitrogen and oxygen atoms in total. The van der Waals surface area contributed by atoms with E-state index in [0.717, 1.165) is 12.3 Å². The molecule has 0 aliphatic carbocycles. The second kappa shape index (κ2) is 6.22. The van der Waals surface area contributed by atoms with Gasteiger partial charge in [-0.25, -0.2) is 0 Å². The highest BCUT2D eigenvalue weighted by Crippen LogP contribution is 2.14. The molecule has 0 spiro atoms. The van der Waals surface area contributed by atoms with E-state index in [1.54, 1.807) is 0 Å². The smallest absolute Gasteiger partial charge is 0.120 e. The van der Waals surface area contributed by atoms with Crippen LogP contribution in [0, 0.1) is 6.92 Å². The zero-order valence-corrected chi connectivity index (χ0v) is 10.9. The standard InChI is InChI=1S/C16H19NO/c1-13-4-3-5-16(10-13)18-12-15-8-6-14(7-9-15)11-17-2/h3-10,17H,11-12H2,1-2H3. The van der Waals surface area contributed by atoms with Gasteiger partial charge in [0.1, 0.15) is 12.4 Å². The lowest BCUT2D eigenvalue weighted by Crippen LogP contribution is -2.05. The molecule has 0 amide bonds. The molecule has 0 radical (unpaired) electrons. The van der Waals surface area contributed by atoms with E-state index in [1.807, 2.05) is 19.2 Å². The Hall–Kier alpha value is -1.80. The Labute approximate surface area is 109 Å². The number of benzene rings is 2. The Kier molecular flexibility index (Phi) is 4.37. The quantitative estimate of drug-likeness (QED) is 0.867. The summed E-state index contributed by atoms with van der Waals surface area (Å²) < 4.78 is 5.76. The molecule has 0 saturated carbocycles. The van der Waals surface area contributed by atoms with Crippen LogP contribution in [0.4, 0.5) is 0 Å². The van der Waals surface area contributed by atoms with E-state index in [4.69, 9.17) is 4.74 Å². The average Bonchev–Trinajstić information content (AvgIpc) is 2.38. The number of hydrogen-bond donors (Lipinski definition) is 1. The van der Waals surface area contributed by atoms with Gasteiger partial charge in [0.2, 0.25) is 0 Å². The van der Waals surface area contributed by atoms with E-state index in [0.29, 0.717) is 6.61 Å². The predicted octanol–water partition coefficient (Wildman–Crippen LogP) is 3.29. The van der Waals surface area contributed by atoms with Crippen LogP contribution < -0.4 is 10.1 Å². The van der Waals surface area contributed by atoms with Gasteiger partial charge in [0.25, 0.3) is 0 Å². The molecular weight excluding hydrogens is 222 g/mol. The van der Waals surface area contributed by atoms with Crippen LogP contribution in [0.3, 0.4) is 0 Å². The number of rotatable bonds is 5. The van der Waals surface area contributed by atoms with Gasteiger partial charge in [0.15, 0.2) is 0 Å². The number of aryl methyl sites for hydroxylation is 1. The summed E-state index contributed by atoms with van der Waals surface area (Å²) in [6.45, 7) is 3.59. The van der Waals surface area contributed by atoms with E-state index in [-0.39, 0.29) is 0 Å². The lowest BCUT2D eigenvalue weighted by molar-refractivity contribution is 0.306. The molecule has 2 rings (SSSR count). The van der Waals surface area contributed by atoms with E-state index in [9.17, 15) is 0 Å². The number of ether oxygens (including phenoxy) is 1. The average molecular weight is 241 g/mol. The summed E-state index contributed by atoms with van der Waals surface area (Å²) >= 11 is 0. The van der Waals surface area contributed by atoms with Crippen molar-refractivity contribution in [3.8, 4) is 5.75 Å². The molecule has 0 aromatic heterocycles. The number of hydrogen-bond acceptors (Lipinski definition) is 2. The van der Waals surface area contributed by atoms with Crippen molar-refractivity contribution in [2.24, 2.45) is 0 Å². The maximum Gasteiger partial charge on any atom is 0.120 e. The fourth-order valence-corrected chi connectivity index (χ4v) is 1.83. The topological polar surface area (TPSA) is 21.3 Å². The highest BCUT2D eigenvalue weighted by atomic mass is 16.5. The Morgan fingerprint density at radius 2 is 1.72 bits per heavy atom. The highest BCUT2D eigenvalue weighted by molar-refractivity contribution is 5.28. The van der Waals surface area contributed by atoms with Gasteiger partial charge in [-0.1, -0.05) is 36.4 Å². The number of nitrogens with one attached hydrogen (secondary N) is 1. The van der Waals surface area contributed by atoms with Crippen molar-refractivity contribution < 1.29 is 4.74 Å². The molecule has 2 aromatic carbocycles. The summed E-state index contributed by atoms with van der Waals surface area (Å²) in [7, 11) is 1.95. The summed E-state index contributed by atoms with van der Waals surface area (Å²) in [4.78, 5) is 0. The van der Waals surface area contributed by atoms with Gasteiger partial charge >= 0.3 is 0 Å². The van der Waals surface area contributed by atoms with Crippen LogP contribution in [-0.2, 0) is 13.2 Å². The van der Waals surface area contributed by atoms with E-state index in [2.05, 4.69) is 48.6 Å². The van der Waals surface area contributed by atoms with E-state index < -0.39 is 0 Å². The first kappa shape index (κ1) is 12.7. The molecule has 2 aromatic rings. The maximum absolute atomic E-state index is 5.76. The third-order valence-corrected chi connectivity index (χ3v) is 2.80. The van der Waals surface area contributed by atoms with Gasteiger partial charge in [0.05, 0.1) is 0 Å². The van der Waals surface area contributed by atoms with Crippen molar-refractivity contribution in [3.63, 3.8) is 0 Å². The molecular formula is C16H19NO. The van der Waals surface area contributed by atoms with Gasteiger partial charge in [0, 0.05) is 6.54 Å². The van der Waals surface area contributed by atoms with Crippen LogP contribution in [0.2, 0.25) is 0 Å². The molecule has 1 N–H and O–H groups in total. The second-order valence-corrected chi connectivity index (χ2v) is 4.45. The molecule has 18 heavy (non-hydrogen) atoms. The Bertz CT molecular complexity index is 491. The van der Waals surface area contributed by atoms with E-state index >= 15 is 0 Å². The maximum atomic E-state index is 5.76. The molecule has 0 heterocycles. The zero-order valence-electron chi connectivity index (χ0n) is 10.9. The summed E-state index contributed by atoms with van der Waals surface area (Å²) in [6.07, 6.45) is 0. The second-order valence-electron chi connectivity index (χ2n) is 4.45. The molecule has 0 unspecified atom stereocenters. The molecule has 2 heteroatoms. The molecule has 0 aliphatic rings. The summed E-state index contributed by atoms with van der Waals surface area (Å²) in [5, 5.41) is 3.14. The minimum Gasteiger partial charge on any atom is -0.489 e. The molecule has 0 atom stereocenters. The SMILES string of the molecule is CNCc1ccc(COc2cccc(C)c2)cc1. The third-order valence-electron chi connectivity index (χ3n) is 2.80. The fraction of sp³-hybridized carbons (Fsp3) is 0.250. The largest absolute Gasteiger partial charge is 0.489 e. The first-order valence-corrected chi connectivity index (χ1v) is 6.20. The van der Waals surface area contributed by atoms with Crippen molar-refractivity contribution in [2.75, 3.05) is 7.05 Å². The minimum absolute atomic E-state index is 0.614. The van der Waals surface area contributed by atoms with Crippen LogP contribution in [-0.4, -0.2) is 7.05 Å². The van der Waals surface area contributed by atoms with E-state index in [1.165, 1.54) is 16.7 Å². The monoisotopic (exact) mass is 241 g/mol. The Morgan fingerprint density at radius 3 is 2.39 bits per heavy atom. The van der Waals surface area contributed by atoms with Crippen LogP contribution >= 0.6 is 0 Å². The van der Waals surface area contributed by atoms with Crippen LogP contribution in [0.25, 0.3) is 0 Å². The summed E-state index contributed by atoms with van der Waals surface area (Å²) in [5.74, 6) is 0.925. The zero-order chi connectivity index (χ0) is 12.8. The van der Waals surface area contributed by atoms with Crippen LogP contribution in [0.1, 0.15) is 16.7 Å². The van der Waals surface area contributed by atoms with Crippen molar-refractivity contribution in [1.29, 1.82) is 0 Å². The van der Waals surface area contributed by atoms with Crippen molar-refractivity contribution in [2.45, 2.75) is 20.1 Å². The van der Waals surface area contributed by atoms with Gasteiger partial charge in [-0.2, -0.15) is 0 Å². The summed E-state index contributed by atoms with van der Waals surface area (Å²) in [6, 6.07) is 16.6. The fourth-order valence-electron chi connectivity index (χ4n) is 1.83. The van der Waals surface area contributed by atoms with Crippen molar-refractivity contribution >= 4 is 0 Å². The predicted molar refractivity (Wildman–Crippen MR) is 74.7 cm³/mol.